The van der Waals surface area contributed by atoms with Gasteiger partial charge in [-0.1, -0.05) is 13.8 Å². The molecule has 1 heterocycles. The fourth-order valence-electron chi connectivity index (χ4n) is 2.32. The van der Waals surface area contributed by atoms with Crippen molar-refractivity contribution in [2.24, 2.45) is 5.92 Å². The molecule has 0 spiro atoms. The first-order valence-corrected chi connectivity index (χ1v) is 8.40. The summed E-state index contributed by atoms with van der Waals surface area (Å²) in [5.41, 5.74) is 1.98. The zero-order valence-corrected chi connectivity index (χ0v) is 13.4. The van der Waals surface area contributed by atoms with Gasteiger partial charge >= 0.3 is 0 Å². The summed E-state index contributed by atoms with van der Waals surface area (Å²) in [5.74, 6) is 1.78. The van der Waals surface area contributed by atoms with Gasteiger partial charge in [-0.15, -0.1) is 11.8 Å². The Morgan fingerprint density at radius 3 is 2.95 bits per heavy atom. The van der Waals surface area contributed by atoms with Crippen molar-refractivity contribution in [3.05, 3.63) is 23.8 Å². The lowest BCUT2D eigenvalue weighted by Crippen LogP contribution is -2.30. The molecule has 0 radical (unpaired) electrons. The molecule has 4 heteroatoms. The zero-order chi connectivity index (χ0) is 14.5. The summed E-state index contributed by atoms with van der Waals surface area (Å²) in [7, 11) is 0. The van der Waals surface area contributed by atoms with Crippen molar-refractivity contribution in [2.45, 2.75) is 32.1 Å². The van der Waals surface area contributed by atoms with Gasteiger partial charge in [0.15, 0.2) is 0 Å². The van der Waals surface area contributed by atoms with E-state index < -0.39 is 0 Å². The lowest BCUT2D eigenvalue weighted by atomic mass is 10.1. The van der Waals surface area contributed by atoms with Crippen LogP contribution >= 0.6 is 11.8 Å². The number of thioether (sulfide) groups is 1. The highest BCUT2D eigenvalue weighted by Crippen LogP contribution is 2.35. The van der Waals surface area contributed by atoms with Crippen LogP contribution in [0.4, 0.5) is 5.69 Å². The summed E-state index contributed by atoms with van der Waals surface area (Å²) >= 11 is 1.88. The van der Waals surface area contributed by atoms with E-state index in [0.717, 1.165) is 37.4 Å². The first kappa shape index (κ1) is 15.2. The minimum atomic E-state index is 0.0417. The van der Waals surface area contributed by atoms with E-state index in [9.17, 15) is 4.79 Å². The Balaban J connectivity index is 2.07. The molecule has 1 aromatic carbocycles. The average molecular weight is 292 g/mol. The molecule has 1 N–H and O–H groups in total. The van der Waals surface area contributed by atoms with Gasteiger partial charge in [-0.05, 0) is 37.5 Å². The van der Waals surface area contributed by atoms with Crippen LogP contribution in [0.3, 0.4) is 0 Å². The van der Waals surface area contributed by atoms with Gasteiger partial charge in [-0.3, -0.25) is 4.79 Å². The molecule has 110 valence electrons. The molecule has 1 aliphatic rings. The fraction of sp³-hybridized carbons (Fsp3) is 0.562. The summed E-state index contributed by atoms with van der Waals surface area (Å²) in [6, 6.07) is 6.06. The van der Waals surface area contributed by atoms with E-state index >= 15 is 0 Å². The number of anilines is 1. The average Bonchev–Trinajstić information content (AvgIpc) is 2.45. The standard InChI is InChI=1S/C16H24N2OS/c1-4-18-9-10-20-15-6-5-13(11-14(15)18)16(19)17-8-7-12(2)3/h5-6,11-12H,4,7-10H2,1-3H3,(H,17,19). The van der Waals surface area contributed by atoms with Crippen molar-refractivity contribution in [3.8, 4) is 0 Å². The molecular formula is C16H24N2OS. The van der Waals surface area contributed by atoms with Gasteiger partial charge in [0.1, 0.15) is 0 Å². The van der Waals surface area contributed by atoms with E-state index in [1.807, 2.05) is 23.9 Å². The number of benzene rings is 1. The first-order chi connectivity index (χ1) is 9.61. The molecule has 0 fully saturated rings. The normalized spacial score (nSPS) is 14.3. The van der Waals surface area contributed by atoms with Crippen molar-refractivity contribution in [1.29, 1.82) is 0 Å². The first-order valence-electron chi connectivity index (χ1n) is 7.41. The summed E-state index contributed by atoms with van der Waals surface area (Å²) < 4.78 is 0. The number of hydrogen-bond donors (Lipinski definition) is 1. The second kappa shape index (κ2) is 7.02. The highest BCUT2D eigenvalue weighted by Gasteiger charge is 2.18. The van der Waals surface area contributed by atoms with Crippen LogP contribution in [0.25, 0.3) is 0 Å². The Kier molecular flexibility index (Phi) is 5.35. The molecule has 1 aromatic rings. The van der Waals surface area contributed by atoms with Gasteiger partial charge in [0.25, 0.3) is 5.91 Å². The van der Waals surface area contributed by atoms with E-state index in [-0.39, 0.29) is 5.91 Å². The van der Waals surface area contributed by atoms with Gasteiger partial charge in [0, 0.05) is 35.8 Å². The maximum atomic E-state index is 12.2. The van der Waals surface area contributed by atoms with Crippen LogP contribution in [0.15, 0.2) is 23.1 Å². The van der Waals surface area contributed by atoms with E-state index in [1.54, 1.807) is 0 Å². The molecule has 0 unspecified atom stereocenters. The Hall–Kier alpha value is -1.16. The van der Waals surface area contributed by atoms with Crippen LogP contribution in [0.2, 0.25) is 0 Å². The second-order valence-corrected chi connectivity index (χ2v) is 6.69. The van der Waals surface area contributed by atoms with E-state index in [2.05, 4.69) is 37.1 Å². The van der Waals surface area contributed by atoms with Gasteiger partial charge in [0.05, 0.1) is 5.69 Å². The van der Waals surface area contributed by atoms with E-state index in [4.69, 9.17) is 0 Å². The Morgan fingerprint density at radius 2 is 2.25 bits per heavy atom. The second-order valence-electron chi connectivity index (χ2n) is 5.55. The molecule has 0 aliphatic carbocycles. The molecule has 0 saturated carbocycles. The van der Waals surface area contributed by atoms with Crippen molar-refractivity contribution >= 4 is 23.4 Å². The molecule has 0 saturated heterocycles. The summed E-state index contributed by atoms with van der Waals surface area (Å²) in [6.45, 7) is 9.30. The lowest BCUT2D eigenvalue weighted by Gasteiger charge is -2.30. The van der Waals surface area contributed by atoms with Crippen LogP contribution < -0.4 is 10.2 Å². The van der Waals surface area contributed by atoms with Crippen molar-refractivity contribution < 1.29 is 4.79 Å². The topological polar surface area (TPSA) is 32.3 Å². The molecule has 1 aliphatic heterocycles. The molecule has 0 aromatic heterocycles. The molecule has 0 bridgehead atoms. The highest BCUT2D eigenvalue weighted by molar-refractivity contribution is 7.99. The molecule has 3 nitrogen and oxygen atoms in total. The van der Waals surface area contributed by atoms with Crippen LogP contribution in [0, 0.1) is 5.92 Å². The Labute approximate surface area is 126 Å². The van der Waals surface area contributed by atoms with Crippen LogP contribution in [0.1, 0.15) is 37.6 Å². The van der Waals surface area contributed by atoms with Crippen molar-refractivity contribution in [3.63, 3.8) is 0 Å². The van der Waals surface area contributed by atoms with Crippen LogP contribution in [0.5, 0.6) is 0 Å². The monoisotopic (exact) mass is 292 g/mol. The SMILES string of the molecule is CCN1CCSc2ccc(C(=O)NCCC(C)C)cc21. The third-order valence-electron chi connectivity index (χ3n) is 3.57. The highest BCUT2D eigenvalue weighted by atomic mass is 32.2. The van der Waals surface area contributed by atoms with Crippen LogP contribution in [-0.2, 0) is 0 Å². The van der Waals surface area contributed by atoms with E-state index in [1.165, 1.54) is 10.6 Å². The lowest BCUT2D eigenvalue weighted by molar-refractivity contribution is 0.0952. The smallest absolute Gasteiger partial charge is 0.251 e. The minimum Gasteiger partial charge on any atom is -0.370 e. The minimum absolute atomic E-state index is 0.0417. The molecular weight excluding hydrogens is 268 g/mol. The number of fused-ring (bicyclic) bond motifs is 1. The number of carbonyl (C=O) groups excluding carboxylic acids is 1. The van der Waals surface area contributed by atoms with Crippen LogP contribution in [-0.4, -0.2) is 31.3 Å². The van der Waals surface area contributed by atoms with Gasteiger partial charge in [-0.25, -0.2) is 0 Å². The largest absolute Gasteiger partial charge is 0.370 e. The third kappa shape index (κ3) is 3.69. The quantitative estimate of drug-likeness (QED) is 0.903. The summed E-state index contributed by atoms with van der Waals surface area (Å²) in [4.78, 5) is 15.8. The Morgan fingerprint density at radius 1 is 1.45 bits per heavy atom. The van der Waals surface area contributed by atoms with Gasteiger partial charge in [-0.2, -0.15) is 0 Å². The van der Waals surface area contributed by atoms with Crippen molar-refractivity contribution in [2.75, 3.05) is 30.3 Å². The van der Waals surface area contributed by atoms with Gasteiger partial charge in [0.2, 0.25) is 0 Å². The van der Waals surface area contributed by atoms with E-state index in [0.29, 0.717) is 5.92 Å². The zero-order valence-electron chi connectivity index (χ0n) is 12.6. The van der Waals surface area contributed by atoms with Crippen molar-refractivity contribution in [1.82, 2.24) is 5.32 Å². The number of nitrogens with zero attached hydrogens (tertiary/aromatic N) is 1. The Bertz CT molecular complexity index is 474. The third-order valence-corrected chi connectivity index (χ3v) is 4.61. The van der Waals surface area contributed by atoms with Gasteiger partial charge < -0.3 is 10.2 Å². The maximum absolute atomic E-state index is 12.2. The number of amides is 1. The number of nitrogens with one attached hydrogen (secondary N) is 1. The molecule has 2 rings (SSSR count). The number of rotatable bonds is 5. The number of carbonyl (C=O) groups is 1. The summed E-state index contributed by atoms with van der Waals surface area (Å²) in [5, 5.41) is 3.01. The molecule has 1 amide bonds. The maximum Gasteiger partial charge on any atom is 0.251 e. The fourth-order valence-corrected chi connectivity index (χ4v) is 3.35. The molecule has 20 heavy (non-hydrogen) atoms. The predicted octanol–water partition coefficient (Wildman–Crippen LogP) is 3.39. The summed E-state index contributed by atoms with van der Waals surface area (Å²) in [6.07, 6.45) is 1.02. The predicted molar refractivity (Wildman–Crippen MR) is 86.8 cm³/mol. The number of hydrogen-bond acceptors (Lipinski definition) is 3. The molecule has 0 atom stereocenters.